The normalized spacial score (nSPS) is 24.9. The Bertz CT molecular complexity index is 1460. The number of alkyl carbamates (subject to hydrolysis) is 1. The molecule has 2 aliphatic heterocycles. The standard InChI is InChI=1S/C32H41N3O8/c1-32(2)12-8-11-20-13-22-23(15-25(20)40-3)33-27(36)16-26(22)43-21-14-24(30(38)41-4)35(17-21)29(37)28(34-31(39)42-18-32)19-9-6-5-7-10-19/h8,11,13,15-16,19,21,24,28H,5-7,9-10,12,14,17-18H2,1-4H3,(H,33,36)(H,34,39)/t21-,24-,28-/m0/s1. The first-order valence-corrected chi connectivity index (χ1v) is 15.0. The highest BCUT2D eigenvalue weighted by Crippen LogP contribution is 2.35. The van der Waals surface area contributed by atoms with E-state index in [0.29, 0.717) is 28.8 Å². The second-order valence-electron chi connectivity index (χ2n) is 12.5. The zero-order chi connectivity index (χ0) is 30.7. The van der Waals surface area contributed by atoms with Crippen molar-refractivity contribution in [1.29, 1.82) is 0 Å². The molecule has 1 aliphatic carbocycles. The molecule has 5 rings (SSSR count). The molecule has 11 heteroatoms. The van der Waals surface area contributed by atoms with Crippen LogP contribution in [0.4, 0.5) is 4.79 Å². The van der Waals surface area contributed by atoms with Gasteiger partial charge in [-0.2, -0.15) is 0 Å². The predicted molar refractivity (Wildman–Crippen MR) is 160 cm³/mol. The van der Waals surface area contributed by atoms with E-state index in [0.717, 1.165) is 37.7 Å². The number of aromatic nitrogens is 1. The number of H-pyrrole nitrogens is 1. The number of nitrogens with zero attached hydrogens (tertiary/aromatic N) is 1. The average molecular weight is 596 g/mol. The number of carbonyl (C=O) groups is 3. The number of aromatic amines is 1. The number of methoxy groups -OCH3 is 2. The highest BCUT2D eigenvalue weighted by molar-refractivity contribution is 5.91. The number of ether oxygens (including phenoxy) is 4. The van der Waals surface area contributed by atoms with E-state index in [2.05, 4.69) is 10.3 Å². The third-order valence-electron chi connectivity index (χ3n) is 8.69. The number of hydrogen-bond acceptors (Lipinski definition) is 8. The molecular formula is C32H41N3O8. The average Bonchev–Trinajstić information content (AvgIpc) is 3.41. The Morgan fingerprint density at radius 3 is 2.56 bits per heavy atom. The summed E-state index contributed by atoms with van der Waals surface area (Å²) in [6.45, 7) is 4.21. The molecule has 2 aromatic rings. The maximum atomic E-state index is 14.2. The molecule has 4 bridgehead atoms. The van der Waals surface area contributed by atoms with Crippen LogP contribution in [-0.2, 0) is 19.1 Å². The maximum absolute atomic E-state index is 14.2. The van der Waals surface area contributed by atoms with Crippen molar-refractivity contribution in [3.8, 4) is 11.5 Å². The van der Waals surface area contributed by atoms with E-state index in [1.54, 1.807) is 13.2 Å². The molecule has 3 atom stereocenters. The van der Waals surface area contributed by atoms with Gasteiger partial charge in [-0.1, -0.05) is 45.3 Å². The van der Waals surface area contributed by atoms with Gasteiger partial charge in [0.25, 0.3) is 5.56 Å². The van der Waals surface area contributed by atoms with Crippen LogP contribution in [-0.4, -0.2) is 73.4 Å². The van der Waals surface area contributed by atoms with Crippen LogP contribution in [0.25, 0.3) is 17.0 Å². The summed E-state index contributed by atoms with van der Waals surface area (Å²) in [5, 5.41) is 3.52. The van der Waals surface area contributed by atoms with Crippen molar-refractivity contribution in [2.75, 3.05) is 27.4 Å². The number of rotatable bonds is 3. The number of pyridine rings is 1. The number of carbonyl (C=O) groups excluding carboxylic acids is 3. The molecule has 2 amide bonds. The number of fused-ring (bicyclic) bond motifs is 3. The molecule has 1 saturated heterocycles. The van der Waals surface area contributed by atoms with Gasteiger partial charge >= 0.3 is 12.1 Å². The minimum atomic E-state index is -0.903. The predicted octanol–water partition coefficient (Wildman–Crippen LogP) is 4.18. The molecule has 232 valence electrons. The van der Waals surface area contributed by atoms with Crippen LogP contribution in [0.15, 0.2) is 29.1 Å². The molecule has 1 saturated carbocycles. The van der Waals surface area contributed by atoms with Crippen LogP contribution in [0, 0.1) is 11.3 Å². The van der Waals surface area contributed by atoms with E-state index in [9.17, 15) is 19.2 Å². The van der Waals surface area contributed by atoms with Gasteiger partial charge in [-0.3, -0.25) is 9.59 Å². The molecule has 3 heterocycles. The monoisotopic (exact) mass is 595 g/mol. The van der Waals surface area contributed by atoms with Crippen LogP contribution in [0.2, 0.25) is 0 Å². The second kappa shape index (κ2) is 12.7. The molecule has 43 heavy (non-hydrogen) atoms. The van der Waals surface area contributed by atoms with E-state index >= 15 is 0 Å². The molecule has 1 aromatic carbocycles. The number of amides is 2. The maximum Gasteiger partial charge on any atom is 0.407 e. The lowest BCUT2D eigenvalue weighted by molar-refractivity contribution is -0.152. The lowest BCUT2D eigenvalue weighted by Gasteiger charge is -2.34. The summed E-state index contributed by atoms with van der Waals surface area (Å²) in [6.07, 6.45) is 7.99. The fraction of sp³-hybridized carbons (Fsp3) is 0.562. The van der Waals surface area contributed by atoms with E-state index in [4.69, 9.17) is 18.9 Å². The molecular weight excluding hydrogens is 554 g/mol. The number of nitrogens with one attached hydrogen (secondary N) is 2. The van der Waals surface area contributed by atoms with Crippen LogP contribution < -0.4 is 20.3 Å². The smallest absolute Gasteiger partial charge is 0.407 e. The van der Waals surface area contributed by atoms with Crippen LogP contribution in [0.5, 0.6) is 11.5 Å². The lowest BCUT2D eigenvalue weighted by Crippen LogP contribution is -2.55. The second-order valence-corrected chi connectivity index (χ2v) is 12.5. The molecule has 1 aromatic heterocycles. The summed E-state index contributed by atoms with van der Waals surface area (Å²) in [6, 6.07) is 3.25. The zero-order valence-corrected chi connectivity index (χ0v) is 25.3. The van der Waals surface area contributed by atoms with Gasteiger partial charge in [0.1, 0.15) is 29.7 Å². The first kappa shape index (κ1) is 30.4. The summed E-state index contributed by atoms with van der Waals surface area (Å²) in [5.74, 6) is -0.109. The molecule has 0 radical (unpaired) electrons. The largest absolute Gasteiger partial charge is 0.496 e. The minimum Gasteiger partial charge on any atom is -0.496 e. The summed E-state index contributed by atoms with van der Waals surface area (Å²) < 4.78 is 22.7. The van der Waals surface area contributed by atoms with E-state index in [1.807, 2.05) is 32.1 Å². The van der Waals surface area contributed by atoms with Crippen molar-refractivity contribution in [3.05, 3.63) is 40.2 Å². The highest BCUT2D eigenvalue weighted by Gasteiger charge is 2.45. The van der Waals surface area contributed by atoms with Gasteiger partial charge in [0.2, 0.25) is 5.91 Å². The topological polar surface area (TPSA) is 136 Å². The molecule has 0 spiro atoms. The number of hydrogen-bond donors (Lipinski definition) is 2. The van der Waals surface area contributed by atoms with Crippen molar-refractivity contribution in [2.45, 2.75) is 77.0 Å². The summed E-state index contributed by atoms with van der Waals surface area (Å²) in [4.78, 5) is 57.1. The Labute approximate surface area is 250 Å². The summed E-state index contributed by atoms with van der Waals surface area (Å²) in [5.41, 5.74) is 0.557. The number of allylic oxidation sites excluding steroid dienone is 1. The SMILES string of the molecule is COC(=O)[C@@H]1C[C@H]2CN1C(=O)[C@H](C1CCCCC1)NC(=O)OCC(C)(C)CC=Cc1cc3c(cc(=O)[nH]c3cc1OC)O2. The van der Waals surface area contributed by atoms with Gasteiger partial charge in [0, 0.05) is 34.9 Å². The number of cyclic esters (lactones) is 1. The Kier molecular flexibility index (Phi) is 8.98. The third-order valence-corrected chi connectivity index (χ3v) is 8.69. The molecule has 11 nitrogen and oxygen atoms in total. The molecule has 0 unspecified atom stereocenters. The van der Waals surface area contributed by atoms with E-state index < -0.39 is 35.7 Å². The van der Waals surface area contributed by atoms with E-state index in [-0.39, 0.29) is 37.0 Å². The highest BCUT2D eigenvalue weighted by atomic mass is 16.5. The lowest BCUT2D eigenvalue weighted by atomic mass is 9.83. The first-order chi connectivity index (χ1) is 20.6. The van der Waals surface area contributed by atoms with Crippen molar-refractivity contribution in [2.24, 2.45) is 11.3 Å². The van der Waals surface area contributed by atoms with Crippen molar-refractivity contribution in [3.63, 3.8) is 0 Å². The van der Waals surface area contributed by atoms with Crippen LogP contribution >= 0.6 is 0 Å². The minimum absolute atomic E-state index is 0.0846. The van der Waals surface area contributed by atoms with Gasteiger partial charge in [0.05, 0.1) is 32.9 Å². The zero-order valence-electron chi connectivity index (χ0n) is 25.3. The van der Waals surface area contributed by atoms with Crippen LogP contribution in [0.1, 0.15) is 64.4 Å². The van der Waals surface area contributed by atoms with Gasteiger partial charge in [-0.25, -0.2) is 9.59 Å². The number of esters is 1. The molecule has 3 aliphatic rings. The summed E-state index contributed by atoms with van der Waals surface area (Å²) in [7, 11) is 2.84. The Hall–Kier alpha value is -4.02. The fourth-order valence-electron chi connectivity index (χ4n) is 6.36. The quantitative estimate of drug-likeness (QED) is 0.505. The fourth-order valence-corrected chi connectivity index (χ4v) is 6.36. The Morgan fingerprint density at radius 1 is 1.07 bits per heavy atom. The van der Waals surface area contributed by atoms with Gasteiger partial charge in [-0.15, -0.1) is 0 Å². The first-order valence-electron chi connectivity index (χ1n) is 15.0. The molecule has 2 fully saturated rings. The Morgan fingerprint density at radius 2 is 1.84 bits per heavy atom. The van der Waals surface area contributed by atoms with Gasteiger partial charge in [0.15, 0.2) is 0 Å². The number of benzene rings is 1. The van der Waals surface area contributed by atoms with Crippen molar-refractivity contribution in [1.82, 2.24) is 15.2 Å². The van der Waals surface area contributed by atoms with Gasteiger partial charge < -0.3 is 34.1 Å². The van der Waals surface area contributed by atoms with Crippen LogP contribution in [0.3, 0.4) is 0 Å². The van der Waals surface area contributed by atoms with Gasteiger partial charge in [-0.05, 0) is 31.2 Å². The molecule has 2 N–H and O–H groups in total. The Balaban J connectivity index is 1.58. The van der Waals surface area contributed by atoms with Crippen molar-refractivity contribution < 1.29 is 33.3 Å². The van der Waals surface area contributed by atoms with Crippen molar-refractivity contribution >= 4 is 34.9 Å². The third kappa shape index (κ3) is 6.81. The van der Waals surface area contributed by atoms with E-state index in [1.165, 1.54) is 18.1 Å². The summed E-state index contributed by atoms with van der Waals surface area (Å²) >= 11 is 0.